The number of hydrogen-bond donors (Lipinski definition) is 1. The van der Waals surface area contributed by atoms with Gasteiger partial charge in [-0.05, 0) is 79.5 Å². The lowest BCUT2D eigenvalue weighted by Gasteiger charge is -2.54. The molecule has 0 saturated heterocycles. The van der Waals surface area contributed by atoms with Gasteiger partial charge in [-0.3, -0.25) is 0 Å². The van der Waals surface area contributed by atoms with E-state index < -0.39 is 0 Å². The highest BCUT2D eigenvalue weighted by Gasteiger charge is 2.47. The van der Waals surface area contributed by atoms with Crippen LogP contribution in [0, 0.1) is 23.7 Å². The third-order valence-electron chi connectivity index (χ3n) is 7.49. The van der Waals surface area contributed by atoms with Crippen LogP contribution in [0.2, 0.25) is 15.1 Å². The molecular formula is C25H28Cl3NO2. The number of benzene rings is 2. The van der Waals surface area contributed by atoms with Crippen molar-refractivity contribution in [1.29, 1.82) is 0 Å². The van der Waals surface area contributed by atoms with Gasteiger partial charge < -0.3 is 14.8 Å². The molecule has 6 heteroatoms. The van der Waals surface area contributed by atoms with E-state index in [1.807, 2.05) is 18.2 Å². The van der Waals surface area contributed by atoms with Gasteiger partial charge in [-0.25, -0.2) is 0 Å². The van der Waals surface area contributed by atoms with Crippen LogP contribution >= 0.6 is 34.8 Å². The quantitative estimate of drug-likeness (QED) is 0.456. The van der Waals surface area contributed by atoms with E-state index >= 15 is 0 Å². The van der Waals surface area contributed by atoms with E-state index in [0.717, 1.165) is 41.3 Å². The monoisotopic (exact) mass is 479 g/mol. The van der Waals surface area contributed by atoms with Gasteiger partial charge in [0, 0.05) is 39.3 Å². The van der Waals surface area contributed by atoms with Gasteiger partial charge in [0.1, 0.15) is 6.61 Å². The SMILES string of the molecule is COc1cc(CNC2C3CC4CC(C3)CC2C4)c(Cl)cc1OCc1ccc(Cl)cc1Cl. The van der Waals surface area contributed by atoms with Crippen molar-refractivity contribution >= 4 is 34.8 Å². The number of methoxy groups -OCH3 is 1. The van der Waals surface area contributed by atoms with Crippen molar-refractivity contribution < 1.29 is 9.47 Å². The van der Waals surface area contributed by atoms with Crippen LogP contribution in [-0.2, 0) is 13.2 Å². The Kier molecular flexibility index (Phi) is 6.31. The van der Waals surface area contributed by atoms with Crippen LogP contribution in [0.1, 0.15) is 43.2 Å². The second-order valence-corrected chi connectivity index (χ2v) is 10.7. The topological polar surface area (TPSA) is 30.5 Å². The van der Waals surface area contributed by atoms with Crippen molar-refractivity contribution in [2.24, 2.45) is 23.7 Å². The molecule has 0 unspecified atom stereocenters. The number of rotatable bonds is 7. The number of ether oxygens (including phenoxy) is 2. The van der Waals surface area contributed by atoms with Gasteiger partial charge >= 0.3 is 0 Å². The summed E-state index contributed by atoms with van der Waals surface area (Å²) in [7, 11) is 1.65. The maximum Gasteiger partial charge on any atom is 0.163 e. The van der Waals surface area contributed by atoms with Crippen LogP contribution in [0.4, 0.5) is 0 Å². The van der Waals surface area contributed by atoms with Gasteiger partial charge in [-0.15, -0.1) is 0 Å². The van der Waals surface area contributed by atoms with Crippen molar-refractivity contribution in [3.8, 4) is 11.5 Å². The third-order valence-corrected chi connectivity index (χ3v) is 8.42. The zero-order chi connectivity index (χ0) is 21.5. The van der Waals surface area contributed by atoms with Gasteiger partial charge in [0.05, 0.1) is 7.11 Å². The molecule has 6 rings (SSSR count). The summed E-state index contributed by atoms with van der Waals surface area (Å²) < 4.78 is 11.6. The maximum absolute atomic E-state index is 6.64. The van der Waals surface area contributed by atoms with E-state index in [1.54, 1.807) is 19.2 Å². The molecule has 4 aliphatic rings. The maximum atomic E-state index is 6.64. The highest BCUT2D eigenvalue weighted by Crippen LogP contribution is 2.53. The molecular weight excluding hydrogens is 453 g/mol. The van der Waals surface area contributed by atoms with Crippen LogP contribution in [0.5, 0.6) is 11.5 Å². The average Bonchev–Trinajstić information content (AvgIpc) is 2.73. The summed E-state index contributed by atoms with van der Waals surface area (Å²) >= 11 is 18.9. The fourth-order valence-corrected chi connectivity index (χ4v) is 6.95. The van der Waals surface area contributed by atoms with Crippen molar-refractivity contribution in [3.63, 3.8) is 0 Å². The number of hydrogen-bond acceptors (Lipinski definition) is 3. The molecule has 0 spiro atoms. The molecule has 0 aromatic heterocycles. The zero-order valence-corrected chi connectivity index (χ0v) is 19.9. The lowest BCUT2D eigenvalue weighted by atomic mass is 9.54. The van der Waals surface area contributed by atoms with E-state index in [-0.39, 0.29) is 0 Å². The van der Waals surface area contributed by atoms with E-state index in [1.165, 1.54) is 32.1 Å². The molecule has 0 amide bonds. The zero-order valence-electron chi connectivity index (χ0n) is 17.7. The van der Waals surface area contributed by atoms with Crippen LogP contribution < -0.4 is 14.8 Å². The standard InChI is InChI=1S/C25H28Cl3NO2/c1-30-23-9-19(12-29-25-17-5-14-4-15(7-17)8-18(25)6-14)22(28)11-24(23)31-13-16-2-3-20(26)10-21(16)27/h2-3,9-11,14-15,17-18,25,29H,4-8,12-13H2,1H3. The summed E-state index contributed by atoms with van der Waals surface area (Å²) in [5, 5.41) is 5.72. The molecule has 2 aromatic rings. The molecule has 4 fully saturated rings. The molecule has 2 aromatic carbocycles. The summed E-state index contributed by atoms with van der Waals surface area (Å²) in [6, 6.07) is 9.84. The molecule has 166 valence electrons. The van der Waals surface area contributed by atoms with Crippen LogP contribution in [0.3, 0.4) is 0 Å². The normalized spacial score (nSPS) is 28.7. The summed E-state index contributed by atoms with van der Waals surface area (Å²) in [5.41, 5.74) is 1.90. The Morgan fingerprint density at radius 1 is 0.839 bits per heavy atom. The third kappa shape index (κ3) is 4.53. The first-order valence-corrected chi connectivity index (χ1v) is 12.3. The summed E-state index contributed by atoms with van der Waals surface area (Å²) in [6.07, 6.45) is 7.10. The molecule has 0 radical (unpaired) electrons. The molecule has 1 N–H and O–H groups in total. The van der Waals surface area contributed by atoms with Gasteiger partial charge in [0.25, 0.3) is 0 Å². The Hall–Kier alpha value is -1.13. The fraction of sp³-hybridized carbons (Fsp3) is 0.520. The highest BCUT2D eigenvalue weighted by atomic mass is 35.5. The number of halogens is 3. The number of nitrogens with one attached hydrogen (secondary N) is 1. The Morgan fingerprint density at radius 2 is 1.52 bits per heavy atom. The van der Waals surface area contributed by atoms with Gasteiger partial charge in [-0.2, -0.15) is 0 Å². The van der Waals surface area contributed by atoms with Crippen LogP contribution in [-0.4, -0.2) is 13.2 Å². The molecule has 4 bridgehead atoms. The second-order valence-electron chi connectivity index (χ2n) is 9.46. The molecule has 4 saturated carbocycles. The van der Waals surface area contributed by atoms with Crippen molar-refractivity contribution in [3.05, 3.63) is 56.5 Å². The minimum atomic E-state index is 0.314. The van der Waals surface area contributed by atoms with Crippen molar-refractivity contribution in [2.45, 2.75) is 51.3 Å². The smallest absolute Gasteiger partial charge is 0.163 e. The molecule has 4 aliphatic carbocycles. The second kappa shape index (κ2) is 9.02. The van der Waals surface area contributed by atoms with Crippen molar-refractivity contribution in [1.82, 2.24) is 5.32 Å². The van der Waals surface area contributed by atoms with E-state index in [2.05, 4.69) is 5.32 Å². The van der Waals surface area contributed by atoms with Crippen LogP contribution in [0.15, 0.2) is 30.3 Å². The van der Waals surface area contributed by atoms with Crippen molar-refractivity contribution in [2.75, 3.05) is 7.11 Å². The minimum absolute atomic E-state index is 0.314. The van der Waals surface area contributed by atoms with E-state index in [4.69, 9.17) is 44.3 Å². The predicted molar refractivity (Wildman–Crippen MR) is 126 cm³/mol. The minimum Gasteiger partial charge on any atom is -0.493 e. The molecule has 0 heterocycles. The predicted octanol–water partition coefficient (Wildman–Crippen LogP) is 7.15. The Morgan fingerprint density at radius 3 is 2.16 bits per heavy atom. The largest absolute Gasteiger partial charge is 0.493 e. The van der Waals surface area contributed by atoms with Crippen LogP contribution in [0.25, 0.3) is 0 Å². The molecule has 0 aliphatic heterocycles. The lowest BCUT2D eigenvalue weighted by molar-refractivity contribution is -0.0142. The van der Waals surface area contributed by atoms with Gasteiger partial charge in [0.2, 0.25) is 0 Å². The summed E-state index contributed by atoms with van der Waals surface area (Å²) in [4.78, 5) is 0. The summed E-state index contributed by atoms with van der Waals surface area (Å²) in [5.74, 6) is 4.92. The first-order chi connectivity index (χ1) is 15.0. The lowest BCUT2D eigenvalue weighted by Crippen LogP contribution is -2.54. The van der Waals surface area contributed by atoms with E-state index in [0.29, 0.717) is 39.2 Å². The highest BCUT2D eigenvalue weighted by molar-refractivity contribution is 6.35. The Bertz CT molecular complexity index is 936. The Balaban J connectivity index is 1.26. The average molecular weight is 481 g/mol. The fourth-order valence-electron chi connectivity index (χ4n) is 6.27. The Labute approximate surface area is 199 Å². The van der Waals surface area contributed by atoms with Gasteiger partial charge in [0.15, 0.2) is 11.5 Å². The first-order valence-electron chi connectivity index (χ1n) is 11.2. The van der Waals surface area contributed by atoms with E-state index in [9.17, 15) is 0 Å². The van der Waals surface area contributed by atoms with Gasteiger partial charge in [-0.1, -0.05) is 40.9 Å². The molecule has 31 heavy (non-hydrogen) atoms. The molecule has 0 atom stereocenters. The first kappa shape index (κ1) is 21.7. The summed E-state index contributed by atoms with van der Waals surface area (Å²) in [6.45, 7) is 1.07. The molecule has 3 nitrogen and oxygen atoms in total.